The van der Waals surface area contributed by atoms with Crippen LogP contribution in [0.15, 0.2) is 24.3 Å². The van der Waals surface area contributed by atoms with Gasteiger partial charge in [-0.3, -0.25) is 9.69 Å². The molecule has 4 rings (SSSR count). The van der Waals surface area contributed by atoms with Gasteiger partial charge in [0.1, 0.15) is 5.01 Å². The molecule has 0 aliphatic carbocycles. The van der Waals surface area contributed by atoms with Crippen LogP contribution in [0.1, 0.15) is 50.1 Å². The third-order valence-corrected chi connectivity index (χ3v) is 6.82. The van der Waals surface area contributed by atoms with Crippen molar-refractivity contribution in [3.8, 4) is 0 Å². The Labute approximate surface area is 153 Å². The molecule has 25 heavy (non-hydrogen) atoms. The molecule has 2 aliphatic heterocycles. The predicted molar refractivity (Wildman–Crippen MR) is 103 cm³/mol. The van der Waals surface area contributed by atoms with Gasteiger partial charge in [-0.1, -0.05) is 25.5 Å². The summed E-state index contributed by atoms with van der Waals surface area (Å²) in [6, 6.07) is 8.65. The number of fused-ring (bicyclic) bond motifs is 1. The van der Waals surface area contributed by atoms with Gasteiger partial charge in [-0.2, -0.15) is 0 Å². The number of thiazole rings is 1. The maximum atomic E-state index is 12.8. The van der Waals surface area contributed by atoms with E-state index < -0.39 is 0 Å². The Balaban J connectivity index is 1.48. The molecule has 2 fully saturated rings. The van der Waals surface area contributed by atoms with Crippen LogP contribution >= 0.6 is 11.3 Å². The van der Waals surface area contributed by atoms with Crippen molar-refractivity contribution in [2.24, 2.45) is 5.92 Å². The first-order chi connectivity index (χ1) is 12.2. The zero-order valence-electron chi connectivity index (χ0n) is 15.0. The lowest BCUT2D eigenvalue weighted by molar-refractivity contribution is -0.134. The van der Waals surface area contributed by atoms with Gasteiger partial charge in [0, 0.05) is 13.1 Å². The van der Waals surface area contributed by atoms with Gasteiger partial charge in [0.2, 0.25) is 5.91 Å². The van der Waals surface area contributed by atoms with Gasteiger partial charge >= 0.3 is 0 Å². The summed E-state index contributed by atoms with van der Waals surface area (Å²) in [6.45, 7) is 5.71. The number of rotatable bonds is 3. The van der Waals surface area contributed by atoms with Gasteiger partial charge in [-0.25, -0.2) is 4.98 Å². The van der Waals surface area contributed by atoms with Gasteiger partial charge in [-0.15, -0.1) is 11.3 Å². The minimum absolute atomic E-state index is 0.304. The Bertz CT molecular complexity index is 702. The number of hydrogen-bond acceptors (Lipinski definition) is 4. The number of carbonyl (C=O) groups is 1. The van der Waals surface area contributed by atoms with Crippen molar-refractivity contribution < 1.29 is 4.79 Å². The van der Waals surface area contributed by atoms with E-state index in [4.69, 9.17) is 4.98 Å². The van der Waals surface area contributed by atoms with Crippen LogP contribution in [0.4, 0.5) is 0 Å². The molecular formula is C20H27N3OS. The normalized spacial score (nSPS) is 23.2. The van der Waals surface area contributed by atoms with Gasteiger partial charge < -0.3 is 4.90 Å². The fourth-order valence-corrected chi connectivity index (χ4v) is 5.16. The molecule has 0 bridgehead atoms. The zero-order valence-corrected chi connectivity index (χ0v) is 15.8. The van der Waals surface area contributed by atoms with Crippen molar-refractivity contribution in [3.63, 3.8) is 0 Å². The highest BCUT2D eigenvalue weighted by molar-refractivity contribution is 7.18. The first-order valence-electron chi connectivity index (χ1n) is 9.58. The highest BCUT2D eigenvalue weighted by Gasteiger charge is 2.30. The van der Waals surface area contributed by atoms with Crippen LogP contribution in [0, 0.1) is 5.92 Å². The van der Waals surface area contributed by atoms with Crippen LogP contribution in [-0.2, 0) is 4.79 Å². The molecule has 1 aromatic carbocycles. The molecule has 0 spiro atoms. The standard InChI is InChI=1S/C20H27N3OS/c1-15-9-12-22(13-10-15)19(24)14-23-11-5-4-7-17(23)20-21-16-6-2-3-8-18(16)25-20/h2-3,6,8,15,17H,4-5,7,9-14H2,1H3/t17-/m0/s1. The van der Waals surface area contributed by atoms with Crippen LogP contribution in [0.2, 0.25) is 0 Å². The highest BCUT2D eigenvalue weighted by atomic mass is 32.1. The van der Waals surface area contributed by atoms with E-state index in [1.165, 1.54) is 22.5 Å². The average molecular weight is 358 g/mol. The molecule has 0 N–H and O–H groups in total. The number of benzene rings is 1. The van der Waals surface area contributed by atoms with Crippen molar-refractivity contribution in [1.82, 2.24) is 14.8 Å². The first-order valence-corrected chi connectivity index (χ1v) is 10.4. The van der Waals surface area contributed by atoms with E-state index in [-0.39, 0.29) is 0 Å². The summed E-state index contributed by atoms with van der Waals surface area (Å²) in [6.07, 6.45) is 5.82. The number of piperidine rings is 2. The van der Waals surface area contributed by atoms with E-state index in [1.807, 2.05) is 6.07 Å². The SMILES string of the molecule is CC1CCN(C(=O)CN2CCCC[C@H]2c2nc3ccccc3s2)CC1. The Morgan fingerprint density at radius 1 is 1.16 bits per heavy atom. The van der Waals surface area contributed by atoms with Gasteiger partial charge in [-0.05, 0) is 50.3 Å². The lowest BCUT2D eigenvalue weighted by Crippen LogP contribution is -2.46. The Kier molecular flexibility index (Phi) is 5.04. The highest BCUT2D eigenvalue weighted by Crippen LogP contribution is 2.35. The van der Waals surface area contributed by atoms with Crippen molar-refractivity contribution in [1.29, 1.82) is 0 Å². The maximum Gasteiger partial charge on any atom is 0.236 e. The summed E-state index contributed by atoms with van der Waals surface area (Å²) in [5, 5.41) is 1.18. The molecular weight excluding hydrogens is 330 g/mol. The minimum atomic E-state index is 0.304. The summed E-state index contributed by atoms with van der Waals surface area (Å²) in [5.74, 6) is 1.06. The van der Waals surface area contributed by atoms with Gasteiger partial charge in [0.05, 0.1) is 22.8 Å². The van der Waals surface area contributed by atoms with E-state index >= 15 is 0 Å². The number of likely N-dealkylation sites (tertiary alicyclic amines) is 2. The smallest absolute Gasteiger partial charge is 0.236 e. The fourth-order valence-electron chi connectivity index (χ4n) is 4.02. The molecule has 1 atom stereocenters. The van der Waals surface area contributed by atoms with Gasteiger partial charge in [0.25, 0.3) is 0 Å². The van der Waals surface area contributed by atoms with Crippen LogP contribution in [0.25, 0.3) is 10.2 Å². The topological polar surface area (TPSA) is 36.4 Å². The molecule has 2 aliphatic rings. The fraction of sp³-hybridized carbons (Fsp3) is 0.600. The number of amides is 1. The number of nitrogens with zero attached hydrogens (tertiary/aromatic N) is 3. The summed E-state index contributed by atoms with van der Waals surface area (Å²) >= 11 is 1.79. The number of aromatic nitrogens is 1. The Hall–Kier alpha value is -1.46. The Morgan fingerprint density at radius 3 is 2.76 bits per heavy atom. The summed E-state index contributed by atoms with van der Waals surface area (Å²) in [7, 11) is 0. The Morgan fingerprint density at radius 2 is 1.96 bits per heavy atom. The molecule has 1 aromatic heterocycles. The number of carbonyl (C=O) groups excluding carboxylic acids is 1. The second-order valence-corrected chi connectivity index (χ2v) is 8.63. The molecule has 0 unspecified atom stereocenters. The molecule has 4 nitrogen and oxygen atoms in total. The third kappa shape index (κ3) is 3.72. The summed E-state index contributed by atoms with van der Waals surface area (Å²) in [5.41, 5.74) is 1.09. The van der Waals surface area contributed by atoms with Crippen LogP contribution in [-0.4, -0.2) is 46.9 Å². The van der Waals surface area contributed by atoms with E-state index in [9.17, 15) is 4.79 Å². The number of para-hydroxylation sites is 1. The molecule has 2 aromatic rings. The van der Waals surface area contributed by atoms with Gasteiger partial charge in [0.15, 0.2) is 0 Å². The van der Waals surface area contributed by atoms with E-state index in [2.05, 4.69) is 34.9 Å². The van der Waals surface area contributed by atoms with Crippen molar-refractivity contribution in [3.05, 3.63) is 29.3 Å². The second kappa shape index (κ2) is 7.42. The van der Waals surface area contributed by atoms with Crippen molar-refractivity contribution in [2.75, 3.05) is 26.2 Å². The molecule has 2 saturated heterocycles. The molecule has 3 heterocycles. The quantitative estimate of drug-likeness (QED) is 0.830. The summed E-state index contributed by atoms with van der Waals surface area (Å²) < 4.78 is 1.25. The minimum Gasteiger partial charge on any atom is -0.342 e. The maximum absolute atomic E-state index is 12.8. The van der Waals surface area contributed by atoms with E-state index in [1.54, 1.807) is 11.3 Å². The predicted octanol–water partition coefficient (Wildman–Crippen LogP) is 4.08. The lowest BCUT2D eigenvalue weighted by atomic mass is 9.99. The van der Waals surface area contributed by atoms with E-state index in [0.29, 0.717) is 18.5 Å². The summed E-state index contributed by atoms with van der Waals surface area (Å²) in [4.78, 5) is 22.1. The van der Waals surface area contributed by atoms with Crippen LogP contribution in [0.3, 0.4) is 0 Å². The molecule has 134 valence electrons. The molecule has 0 saturated carbocycles. The van der Waals surface area contributed by atoms with Crippen molar-refractivity contribution in [2.45, 2.75) is 45.1 Å². The van der Waals surface area contributed by atoms with E-state index in [0.717, 1.165) is 50.3 Å². The number of hydrogen-bond donors (Lipinski definition) is 0. The third-order valence-electron chi connectivity index (χ3n) is 5.68. The molecule has 0 radical (unpaired) electrons. The molecule has 5 heteroatoms. The van der Waals surface area contributed by atoms with Crippen molar-refractivity contribution >= 4 is 27.5 Å². The average Bonchev–Trinajstić information content (AvgIpc) is 3.06. The van der Waals surface area contributed by atoms with Crippen LogP contribution < -0.4 is 0 Å². The monoisotopic (exact) mass is 357 g/mol. The zero-order chi connectivity index (χ0) is 17.2. The lowest BCUT2D eigenvalue weighted by Gasteiger charge is -2.37. The second-order valence-electron chi connectivity index (χ2n) is 7.57. The molecule has 1 amide bonds. The largest absolute Gasteiger partial charge is 0.342 e. The first kappa shape index (κ1) is 17.0. The van der Waals surface area contributed by atoms with Crippen LogP contribution in [0.5, 0.6) is 0 Å².